The molecule has 1 aromatic carbocycles. The van der Waals surface area contributed by atoms with Crippen molar-refractivity contribution in [2.24, 2.45) is 0 Å². The Morgan fingerprint density at radius 3 is 2.52 bits per heavy atom. The predicted octanol–water partition coefficient (Wildman–Crippen LogP) is 3.16. The molecule has 1 saturated carbocycles. The van der Waals surface area contributed by atoms with Crippen LogP contribution in [0, 0.1) is 0 Å². The number of halogens is 1. The van der Waals surface area contributed by atoms with E-state index in [1.807, 2.05) is 6.07 Å². The van der Waals surface area contributed by atoms with Crippen LogP contribution in [0.3, 0.4) is 0 Å². The second-order valence-corrected chi connectivity index (χ2v) is 10.2. The average molecular weight is 477 g/mol. The quantitative estimate of drug-likeness (QED) is 0.643. The van der Waals surface area contributed by atoms with Gasteiger partial charge in [0.25, 0.3) is 5.91 Å². The van der Waals surface area contributed by atoms with Gasteiger partial charge in [-0.2, -0.15) is 0 Å². The molecule has 8 heteroatoms. The van der Waals surface area contributed by atoms with Crippen LogP contribution in [-0.4, -0.2) is 60.4 Å². The molecule has 1 aliphatic carbocycles. The van der Waals surface area contributed by atoms with E-state index in [1.165, 1.54) is 4.88 Å². The Kier molecular flexibility index (Phi) is 6.64. The average Bonchev–Trinajstić information content (AvgIpc) is 3.42. The van der Waals surface area contributed by atoms with Crippen LogP contribution < -0.4 is 10.6 Å². The minimum Gasteiger partial charge on any atom is -0.349 e. The van der Waals surface area contributed by atoms with Crippen molar-refractivity contribution in [2.45, 2.75) is 25.4 Å². The zero-order valence-corrected chi connectivity index (χ0v) is 18.6. The van der Waals surface area contributed by atoms with Gasteiger partial charge in [-0.25, -0.2) is 0 Å². The Morgan fingerprint density at radius 1 is 1.07 bits per heavy atom. The summed E-state index contributed by atoms with van der Waals surface area (Å²) in [5.41, 5.74) is 1.25. The summed E-state index contributed by atoms with van der Waals surface area (Å²) in [6.45, 7) is 5.01. The molecule has 0 atom stereocenters. The maximum Gasteiger partial charge on any atom is 0.251 e. The number of nitrogens with zero attached hydrogens (tertiary/aromatic N) is 2. The normalized spacial score (nSPS) is 17.8. The number of carbonyl (C=O) groups is 2. The zero-order chi connectivity index (χ0) is 20.2. The summed E-state index contributed by atoms with van der Waals surface area (Å²) < 4.78 is 1.16. The molecule has 2 amide bonds. The summed E-state index contributed by atoms with van der Waals surface area (Å²) in [6.07, 6.45) is 2.11. The Balaban J connectivity index is 1.22. The molecule has 154 valence electrons. The number of hydrogen-bond donors (Lipinski definition) is 2. The summed E-state index contributed by atoms with van der Waals surface area (Å²) >= 11 is 5.28. The molecule has 0 spiro atoms. The molecule has 0 unspecified atom stereocenters. The van der Waals surface area contributed by atoms with Crippen molar-refractivity contribution in [3.05, 3.63) is 50.6 Å². The number of carbonyl (C=O) groups excluding carboxylic acids is 2. The van der Waals surface area contributed by atoms with Gasteiger partial charge in [0.2, 0.25) is 5.91 Å². The van der Waals surface area contributed by atoms with E-state index in [9.17, 15) is 9.59 Å². The molecule has 4 rings (SSSR count). The molecule has 2 aromatic rings. The van der Waals surface area contributed by atoms with Crippen molar-refractivity contribution >= 4 is 44.8 Å². The number of nitrogens with one attached hydrogen (secondary N) is 2. The van der Waals surface area contributed by atoms with Crippen LogP contribution in [-0.2, 0) is 11.3 Å². The zero-order valence-electron chi connectivity index (χ0n) is 16.2. The standard InChI is InChI=1S/C21H25BrN4O2S/c22-19-7-6-18(29-19)13-25-8-10-26(11-9-25)14-20(27)23-17-3-1-2-15(12-17)21(28)24-16-4-5-16/h1-3,6-7,12,16H,4-5,8-11,13-14H2,(H,23,27)(H,24,28). The maximum atomic E-state index is 12.5. The summed E-state index contributed by atoms with van der Waals surface area (Å²) in [5, 5.41) is 5.90. The first-order valence-electron chi connectivity index (χ1n) is 9.95. The predicted molar refractivity (Wildman–Crippen MR) is 119 cm³/mol. The van der Waals surface area contributed by atoms with Crippen LogP contribution in [0.1, 0.15) is 28.1 Å². The van der Waals surface area contributed by atoms with Gasteiger partial charge in [0, 0.05) is 54.9 Å². The van der Waals surface area contributed by atoms with Gasteiger partial charge in [0.1, 0.15) is 0 Å². The van der Waals surface area contributed by atoms with Gasteiger partial charge < -0.3 is 10.6 Å². The Morgan fingerprint density at radius 2 is 1.83 bits per heavy atom. The van der Waals surface area contributed by atoms with Gasteiger partial charge >= 0.3 is 0 Å². The van der Waals surface area contributed by atoms with Gasteiger partial charge in [-0.05, 0) is 59.1 Å². The van der Waals surface area contributed by atoms with Gasteiger partial charge in [-0.3, -0.25) is 19.4 Å². The SMILES string of the molecule is O=C(CN1CCN(Cc2ccc(Br)s2)CC1)Nc1cccc(C(=O)NC2CC2)c1. The van der Waals surface area contributed by atoms with E-state index in [1.54, 1.807) is 29.5 Å². The largest absolute Gasteiger partial charge is 0.349 e. The lowest BCUT2D eigenvalue weighted by atomic mass is 10.2. The van der Waals surface area contributed by atoms with Crippen LogP contribution in [0.25, 0.3) is 0 Å². The second kappa shape index (κ2) is 9.38. The van der Waals surface area contributed by atoms with Crippen LogP contribution in [0.4, 0.5) is 5.69 Å². The van der Waals surface area contributed by atoms with Crippen molar-refractivity contribution in [3.63, 3.8) is 0 Å². The minimum absolute atomic E-state index is 0.0413. The number of benzene rings is 1. The van der Waals surface area contributed by atoms with Crippen LogP contribution >= 0.6 is 27.3 Å². The highest BCUT2D eigenvalue weighted by Crippen LogP contribution is 2.23. The Hall–Kier alpha value is -1.74. The van der Waals surface area contributed by atoms with E-state index in [0.29, 0.717) is 23.8 Å². The lowest BCUT2D eigenvalue weighted by Gasteiger charge is -2.34. The van der Waals surface area contributed by atoms with E-state index < -0.39 is 0 Å². The first-order valence-corrected chi connectivity index (χ1v) is 11.6. The molecule has 1 aromatic heterocycles. The summed E-state index contributed by atoms with van der Waals surface area (Å²) in [4.78, 5) is 30.6. The first-order chi connectivity index (χ1) is 14.0. The van der Waals surface area contributed by atoms with E-state index in [0.717, 1.165) is 49.4 Å². The van der Waals surface area contributed by atoms with Crippen LogP contribution in [0.2, 0.25) is 0 Å². The smallest absolute Gasteiger partial charge is 0.251 e. The third-order valence-corrected chi connectivity index (χ3v) is 6.77. The summed E-state index contributed by atoms with van der Waals surface area (Å²) in [6, 6.07) is 11.7. The first kappa shape index (κ1) is 20.5. The number of rotatable bonds is 7. The number of hydrogen-bond acceptors (Lipinski definition) is 5. The van der Waals surface area contributed by atoms with Crippen molar-refractivity contribution in [3.8, 4) is 0 Å². The third kappa shape index (κ3) is 6.12. The summed E-state index contributed by atoms with van der Waals surface area (Å²) in [5.74, 6) is -0.113. The molecule has 1 saturated heterocycles. The van der Waals surface area contributed by atoms with Gasteiger partial charge in [0.05, 0.1) is 10.3 Å². The molecule has 1 aliphatic heterocycles. The molecule has 29 heavy (non-hydrogen) atoms. The highest BCUT2D eigenvalue weighted by molar-refractivity contribution is 9.11. The van der Waals surface area contributed by atoms with Crippen LogP contribution in [0.15, 0.2) is 40.2 Å². The van der Waals surface area contributed by atoms with E-state index in [-0.39, 0.29) is 11.8 Å². The lowest BCUT2D eigenvalue weighted by molar-refractivity contribution is -0.117. The monoisotopic (exact) mass is 476 g/mol. The molecular weight excluding hydrogens is 452 g/mol. The molecule has 2 aliphatic rings. The number of piperazine rings is 1. The fourth-order valence-electron chi connectivity index (χ4n) is 3.40. The molecule has 0 bridgehead atoms. The molecule has 0 radical (unpaired) electrons. The molecule has 2 heterocycles. The van der Waals surface area contributed by atoms with Gasteiger partial charge in [-0.15, -0.1) is 11.3 Å². The molecule has 2 N–H and O–H groups in total. The third-order valence-electron chi connectivity index (χ3n) is 5.16. The topological polar surface area (TPSA) is 64.7 Å². The maximum absolute atomic E-state index is 12.5. The molecule has 2 fully saturated rings. The highest BCUT2D eigenvalue weighted by atomic mass is 79.9. The van der Waals surface area contributed by atoms with Gasteiger partial charge in [0.15, 0.2) is 0 Å². The minimum atomic E-state index is -0.0718. The van der Waals surface area contributed by atoms with Gasteiger partial charge in [-0.1, -0.05) is 6.07 Å². The summed E-state index contributed by atoms with van der Waals surface area (Å²) in [7, 11) is 0. The highest BCUT2D eigenvalue weighted by Gasteiger charge is 2.24. The molecular formula is C21H25BrN4O2S. The fourth-order valence-corrected chi connectivity index (χ4v) is 4.93. The van der Waals surface area contributed by atoms with Crippen molar-refractivity contribution in [2.75, 3.05) is 38.0 Å². The van der Waals surface area contributed by atoms with Crippen molar-refractivity contribution in [1.82, 2.24) is 15.1 Å². The fraction of sp³-hybridized carbons (Fsp3) is 0.429. The van der Waals surface area contributed by atoms with Crippen molar-refractivity contribution < 1.29 is 9.59 Å². The van der Waals surface area contributed by atoms with Crippen LogP contribution in [0.5, 0.6) is 0 Å². The Labute approximate surface area is 183 Å². The van der Waals surface area contributed by atoms with E-state index in [4.69, 9.17) is 0 Å². The van der Waals surface area contributed by atoms with E-state index in [2.05, 4.69) is 48.5 Å². The van der Waals surface area contributed by atoms with E-state index >= 15 is 0 Å². The lowest BCUT2D eigenvalue weighted by Crippen LogP contribution is -2.48. The number of amides is 2. The second-order valence-electron chi connectivity index (χ2n) is 7.63. The number of anilines is 1. The Bertz CT molecular complexity index is 875. The molecule has 6 nitrogen and oxygen atoms in total. The van der Waals surface area contributed by atoms with Crippen molar-refractivity contribution in [1.29, 1.82) is 0 Å². The number of thiophene rings is 1.